The van der Waals surface area contributed by atoms with E-state index in [1.54, 1.807) is 24.3 Å². The minimum absolute atomic E-state index is 0.0937. The Labute approximate surface area is 137 Å². The van der Waals surface area contributed by atoms with Crippen molar-refractivity contribution in [2.24, 2.45) is 0 Å². The molecule has 1 fully saturated rings. The Morgan fingerprint density at radius 3 is 2.65 bits per heavy atom. The summed E-state index contributed by atoms with van der Waals surface area (Å²) < 4.78 is 0. The maximum absolute atomic E-state index is 12.6. The summed E-state index contributed by atoms with van der Waals surface area (Å²) in [5.74, 6) is -0.389. The third-order valence-electron chi connectivity index (χ3n) is 4.28. The van der Waals surface area contributed by atoms with E-state index in [0.29, 0.717) is 30.5 Å². The molecule has 5 nitrogen and oxygen atoms in total. The number of amides is 2. The largest absolute Gasteiger partial charge is 0.354 e. The molecule has 0 spiro atoms. The van der Waals surface area contributed by atoms with Crippen LogP contribution >= 0.6 is 0 Å². The summed E-state index contributed by atoms with van der Waals surface area (Å²) in [5, 5.41) is 14.8. The normalized spacial score (nSPS) is 16.2. The Bertz CT molecular complexity index is 613. The Kier molecular flexibility index (Phi) is 5.75. The average Bonchev–Trinajstić information content (AvgIpc) is 2.60. The fraction of sp³-hybridized carbons (Fsp3) is 0.500. The van der Waals surface area contributed by atoms with Crippen molar-refractivity contribution in [3.05, 3.63) is 35.4 Å². The molecule has 5 heteroatoms. The zero-order chi connectivity index (χ0) is 16.7. The molecular weight excluding hydrogens is 290 g/mol. The summed E-state index contributed by atoms with van der Waals surface area (Å²) in [5.41, 5.74) is 0.0238. The van der Waals surface area contributed by atoms with Crippen LogP contribution in [0.15, 0.2) is 24.3 Å². The number of rotatable bonds is 5. The molecule has 23 heavy (non-hydrogen) atoms. The van der Waals surface area contributed by atoms with Crippen molar-refractivity contribution in [1.82, 2.24) is 10.6 Å². The van der Waals surface area contributed by atoms with Crippen molar-refractivity contribution in [3.63, 3.8) is 0 Å². The third-order valence-corrected chi connectivity index (χ3v) is 4.28. The number of nitrogens with zero attached hydrogens (tertiary/aromatic N) is 1. The maximum Gasteiger partial charge on any atom is 0.252 e. The van der Waals surface area contributed by atoms with Crippen LogP contribution in [0.1, 0.15) is 61.4 Å². The van der Waals surface area contributed by atoms with E-state index >= 15 is 0 Å². The number of nitriles is 1. The summed E-state index contributed by atoms with van der Waals surface area (Å²) in [4.78, 5) is 25.2. The second-order valence-corrected chi connectivity index (χ2v) is 6.05. The monoisotopic (exact) mass is 313 g/mol. The summed E-state index contributed by atoms with van der Waals surface area (Å²) in [6.45, 7) is 2.61. The molecule has 0 radical (unpaired) electrons. The van der Waals surface area contributed by atoms with Crippen molar-refractivity contribution < 1.29 is 9.59 Å². The predicted molar refractivity (Wildman–Crippen MR) is 87.7 cm³/mol. The fourth-order valence-electron chi connectivity index (χ4n) is 2.99. The molecule has 0 aliphatic heterocycles. The molecule has 0 heterocycles. The molecule has 1 aliphatic rings. The molecule has 0 saturated heterocycles. The first kappa shape index (κ1) is 17.0. The topological polar surface area (TPSA) is 82.0 Å². The Balaban J connectivity index is 2.18. The fourth-order valence-corrected chi connectivity index (χ4v) is 2.99. The van der Waals surface area contributed by atoms with Gasteiger partial charge in [0.1, 0.15) is 5.54 Å². The lowest BCUT2D eigenvalue weighted by molar-refractivity contribution is -0.128. The number of carbonyl (C=O) groups is 2. The average molecular weight is 313 g/mol. The summed E-state index contributed by atoms with van der Waals surface area (Å²) in [6.07, 6.45) is 5.12. The van der Waals surface area contributed by atoms with Gasteiger partial charge in [0.2, 0.25) is 5.91 Å². The lowest BCUT2D eigenvalue weighted by atomic mass is 9.80. The molecule has 1 saturated carbocycles. The molecule has 0 atom stereocenters. The third kappa shape index (κ3) is 4.10. The number of nitrogens with one attached hydrogen (secondary N) is 2. The number of hydrogen-bond acceptors (Lipinski definition) is 3. The standard InChI is InChI=1S/C18H23N3O2/c1-2-11-20-17(23)18(9-4-3-5-10-18)21-16(22)15-8-6-7-14(12-15)13-19/h6-8,12H,2-5,9-11H2,1H3,(H,20,23)(H,21,22). The first-order chi connectivity index (χ1) is 11.1. The van der Waals surface area contributed by atoms with E-state index in [1.807, 2.05) is 13.0 Å². The highest BCUT2D eigenvalue weighted by Crippen LogP contribution is 2.29. The first-order valence-corrected chi connectivity index (χ1v) is 8.22. The molecule has 1 aromatic carbocycles. The highest BCUT2D eigenvalue weighted by atomic mass is 16.2. The zero-order valence-corrected chi connectivity index (χ0v) is 13.5. The van der Waals surface area contributed by atoms with E-state index in [4.69, 9.17) is 5.26 Å². The smallest absolute Gasteiger partial charge is 0.252 e. The van der Waals surface area contributed by atoms with Crippen molar-refractivity contribution in [2.75, 3.05) is 6.54 Å². The second kappa shape index (κ2) is 7.77. The van der Waals surface area contributed by atoms with E-state index < -0.39 is 5.54 Å². The second-order valence-electron chi connectivity index (χ2n) is 6.05. The van der Waals surface area contributed by atoms with E-state index in [1.165, 1.54) is 0 Å². The van der Waals surface area contributed by atoms with Gasteiger partial charge >= 0.3 is 0 Å². The van der Waals surface area contributed by atoms with Crippen molar-refractivity contribution in [3.8, 4) is 6.07 Å². The van der Waals surface area contributed by atoms with E-state index in [-0.39, 0.29) is 11.8 Å². The molecule has 1 aliphatic carbocycles. The maximum atomic E-state index is 12.6. The highest BCUT2D eigenvalue weighted by Gasteiger charge is 2.40. The highest BCUT2D eigenvalue weighted by molar-refractivity contribution is 5.99. The van der Waals surface area contributed by atoms with Crippen LogP contribution in [0, 0.1) is 11.3 Å². The molecule has 2 amide bonds. The van der Waals surface area contributed by atoms with Gasteiger partial charge in [-0.15, -0.1) is 0 Å². The van der Waals surface area contributed by atoms with E-state index in [2.05, 4.69) is 10.6 Å². The van der Waals surface area contributed by atoms with E-state index in [9.17, 15) is 9.59 Å². The Hall–Kier alpha value is -2.35. The molecule has 2 rings (SSSR count). The SMILES string of the molecule is CCCNC(=O)C1(NC(=O)c2cccc(C#N)c2)CCCCC1. The molecular formula is C18H23N3O2. The van der Waals surface area contributed by atoms with Crippen LogP contribution in [0.3, 0.4) is 0 Å². The molecule has 122 valence electrons. The van der Waals surface area contributed by atoms with Gasteiger partial charge < -0.3 is 10.6 Å². The van der Waals surface area contributed by atoms with Gasteiger partial charge in [-0.1, -0.05) is 32.3 Å². The predicted octanol–water partition coefficient (Wildman–Crippen LogP) is 2.52. The first-order valence-electron chi connectivity index (χ1n) is 8.22. The lowest BCUT2D eigenvalue weighted by Crippen LogP contribution is -2.59. The van der Waals surface area contributed by atoms with Crippen molar-refractivity contribution in [1.29, 1.82) is 5.26 Å². The molecule has 1 aromatic rings. The van der Waals surface area contributed by atoms with Gasteiger partial charge in [0.05, 0.1) is 11.6 Å². The van der Waals surface area contributed by atoms with Crippen LogP contribution in [0.5, 0.6) is 0 Å². The van der Waals surface area contributed by atoms with Crippen LogP contribution < -0.4 is 10.6 Å². The Morgan fingerprint density at radius 1 is 1.26 bits per heavy atom. The molecule has 0 unspecified atom stereocenters. The minimum atomic E-state index is -0.826. The van der Waals surface area contributed by atoms with Crippen LogP contribution in [0.25, 0.3) is 0 Å². The zero-order valence-electron chi connectivity index (χ0n) is 13.5. The quantitative estimate of drug-likeness (QED) is 0.876. The summed E-state index contributed by atoms with van der Waals surface area (Å²) in [6, 6.07) is 8.57. The number of hydrogen-bond donors (Lipinski definition) is 2. The van der Waals surface area contributed by atoms with Crippen LogP contribution in [-0.2, 0) is 4.79 Å². The van der Waals surface area contributed by atoms with Crippen molar-refractivity contribution in [2.45, 2.75) is 51.0 Å². The van der Waals surface area contributed by atoms with Gasteiger partial charge in [0.15, 0.2) is 0 Å². The molecule has 0 bridgehead atoms. The van der Waals surface area contributed by atoms with Gasteiger partial charge in [-0.25, -0.2) is 0 Å². The molecule has 0 aromatic heterocycles. The van der Waals surface area contributed by atoms with Crippen LogP contribution in [0.2, 0.25) is 0 Å². The summed E-state index contributed by atoms with van der Waals surface area (Å²) >= 11 is 0. The van der Waals surface area contributed by atoms with E-state index in [0.717, 1.165) is 25.7 Å². The number of carbonyl (C=O) groups excluding carboxylic acids is 2. The Morgan fingerprint density at radius 2 is 2.00 bits per heavy atom. The van der Waals surface area contributed by atoms with Crippen LogP contribution in [-0.4, -0.2) is 23.9 Å². The lowest BCUT2D eigenvalue weighted by Gasteiger charge is -2.36. The number of benzene rings is 1. The summed E-state index contributed by atoms with van der Waals surface area (Å²) in [7, 11) is 0. The minimum Gasteiger partial charge on any atom is -0.354 e. The van der Waals surface area contributed by atoms with Gasteiger partial charge in [-0.2, -0.15) is 5.26 Å². The molecule has 2 N–H and O–H groups in total. The van der Waals surface area contributed by atoms with Gasteiger partial charge in [-0.3, -0.25) is 9.59 Å². The van der Waals surface area contributed by atoms with Crippen LogP contribution in [0.4, 0.5) is 0 Å². The van der Waals surface area contributed by atoms with Crippen molar-refractivity contribution >= 4 is 11.8 Å². The van der Waals surface area contributed by atoms with Gasteiger partial charge in [0.25, 0.3) is 5.91 Å². The van der Waals surface area contributed by atoms with Gasteiger partial charge in [-0.05, 0) is 37.5 Å². The van der Waals surface area contributed by atoms with Gasteiger partial charge in [0, 0.05) is 12.1 Å².